The van der Waals surface area contributed by atoms with Crippen molar-refractivity contribution in [1.29, 1.82) is 0 Å². The Bertz CT molecular complexity index is 539. The molecule has 18 heavy (non-hydrogen) atoms. The van der Waals surface area contributed by atoms with Crippen molar-refractivity contribution in [2.75, 3.05) is 6.61 Å². The average Bonchev–Trinajstić information content (AvgIpc) is 2.86. The molecule has 0 bridgehead atoms. The molecule has 94 valence electrons. The molecule has 3 rings (SSSR count). The van der Waals surface area contributed by atoms with Gasteiger partial charge in [-0.2, -0.15) is 5.10 Å². The van der Waals surface area contributed by atoms with E-state index in [1.165, 1.54) is 17.5 Å². The topological polar surface area (TPSA) is 60.2 Å². The maximum atomic E-state index is 9.17. The van der Waals surface area contributed by atoms with Crippen molar-refractivity contribution in [3.05, 3.63) is 47.5 Å². The number of hydrogen-bond donors (Lipinski definition) is 1. The maximum Gasteiger partial charge on any atom is 0.152 e. The van der Waals surface area contributed by atoms with E-state index in [0.717, 1.165) is 13.0 Å². The molecule has 1 aliphatic rings. The van der Waals surface area contributed by atoms with Gasteiger partial charge in [-0.15, -0.1) is 0 Å². The first-order chi connectivity index (χ1) is 8.88. The fraction of sp³-hybridized carbons (Fsp3) is 0.385. The summed E-state index contributed by atoms with van der Waals surface area (Å²) in [4.78, 5) is 4.00. The summed E-state index contributed by atoms with van der Waals surface area (Å²) >= 11 is 0. The van der Waals surface area contributed by atoms with Crippen LogP contribution in [0.5, 0.6) is 0 Å². The quantitative estimate of drug-likeness (QED) is 0.879. The molecule has 5 nitrogen and oxygen atoms in total. The Morgan fingerprint density at radius 3 is 3.17 bits per heavy atom. The van der Waals surface area contributed by atoms with Crippen LogP contribution in [0.4, 0.5) is 0 Å². The number of hydrogen-bond acceptors (Lipinski definition) is 4. The Balaban J connectivity index is 1.86. The molecule has 1 aromatic heterocycles. The zero-order valence-corrected chi connectivity index (χ0v) is 9.99. The van der Waals surface area contributed by atoms with Gasteiger partial charge in [-0.1, -0.05) is 24.3 Å². The third kappa shape index (κ3) is 2.02. The lowest BCUT2D eigenvalue weighted by molar-refractivity contribution is 0.0269. The van der Waals surface area contributed by atoms with Gasteiger partial charge in [0.25, 0.3) is 0 Å². The van der Waals surface area contributed by atoms with E-state index in [2.05, 4.69) is 28.3 Å². The number of aliphatic hydroxyl groups is 1. The molecule has 2 aromatic rings. The lowest BCUT2D eigenvalue weighted by atomic mass is 9.98. The summed E-state index contributed by atoms with van der Waals surface area (Å²) in [6.45, 7) is 1.21. The van der Waals surface area contributed by atoms with Crippen LogP contribution in [0.2, 0.25) is 0 Å². The van der Waals surface area contributed by atoms with E-state index in [1.54, 1.807) is 4.68 Å². The van der Waals surface area contributed by atoms with E-state index in [1.807, 2.05) is 6.07 Å². The van der Waals surface area contributed by atoms with Crippen LogP contribution in [0, 0.1) is 0 Å². The summed E-state index contributed by atoms with van der Waals surface area (Å²) < 4.78 is 7.51. The minimum absolute atomic E-state index is 0.0121. The van der Waals surface area contributed by atoms with Crippen LogP contribution < -0.4 is 0 Å². The van der Waals surface area contributed by atoms with Crippen LogP contribution in [0.1, 0.15) is 23.1 Å². The minimum atomic E-state index is -0.103. The third-order valence-corrected chi connectivity index (χ3v) is 3.27. The van der Waals surface area contributed by atoms with Gasteiger partial charge in [0.05, 0.1) is 13.2 Å². The lowest BCUT2D eigenvalue weighted by Crippen LogP contribution is -2.22. The van der Waals surface area contributed by atoms with Crippen LogP contribution in [0.25, 0.3) is 0 Å². The van der Waals surface area contributed by atoms with Gasteiger partial charge >= 0.3 is 0 Å². The van der Waals surface area contributed by atoms with Crippen molar-refractivity contribution in [3.8, 4) is 0 Å². The molecule has 0 fully saturated rings. The summed E-state index contributed by atoms with van der Waals surface area (Å²) in [5.41, 5.74) is 2.54. The van der Waals surface area contributed by atoms with E-state index in [-0.39, 0.29) is 12.7 Å². The smallest absolute Gasteiger partial charge is 0.152 e. The molecule has 2 heterocycles. The number of fused-ring (bicyclic) bond motifs is 1. The van der Waals surface area contributed by atoms with E-state index in [0.29, 0.717) is 12.4 Å². The molecule has 5 heteroatoms. The zero-order chi connectivity index (χ0) is 12.4. The zero-order valence-electron chi connectivity index (χ0n) is 9.99. The summed E-state index contributed by atoms with van der Waals surface area (Å²) in [5, 5.41) is 13.3. The van der Waals surface area contributed by atoms with Crippen molar-refractivity contribution in [2.45, 2.75) is 25.7 Å². The number of benzene rings is 1. The average molecular weight is 245 g/mol. The number of aliphatic hydroxyl groups excluding tert-OH is 1. The summed E-state index contributed by atoms with van der Waals surface area (Å²) in [6, 6.07) is 8.30. The number of aromatic nitrogens is 3. The molecule has 0 saturated heterocycles. The summed E-state index contributed by atoms with van der Waals surface area (Å²) in [7, 11) is 0. The highest BCUT2D eigenvalue weighted by molar-refractivity contribution is 5.30. The fourth-order valence-corrected chi connectivity index (χ4v) is 2.35. The van der Waals surface area contributed by atoms with Crippen molar-refractivity contribution < 1.29 is 9.84 Å². The standard InChI is InChI=1S/C13H15N3O2/c17-8-13-14-9-15-16(13)7-12-11-4-2-1-3-10(11)5-6-18-12/h1-4,9,12,17H,5-8H2. The highest BCUT2D eigenvalue weighted by atomic mass is 16.5. The molecule has 1 unspecified atom stereocenters. The monoisotopic (exact) mass is 245 g/mol. The molecule has 0 radical (unpaired) electrons. The number of rotatable bonds is 3. The Morgan fingerprint density at radius 1 is 1.39 bits per heavy atom. The Morgan fingerprint density at radius 2 is 2.28 bits per heavy atom. The minimum Gasteiger partial charge on any atom is -0.388 e. The van der Waals surface area contributed by atoms with Gasteiger partial charge in [-0.05, 0) is 17.5 Å². The van der Waals surface area contributed by atoms with Crippen LogP contribution in [0.15, 0.2) is 30.6 Å². The first-order valence-corrected chi connectivity index (χ1v) is 6.05. The van der Waals surface area contributed by atoms with Gasteiger partial charge in [0.1, 0.15) is 19.0 Å². The number of nitrogens with zero attached hydrogens (tertiary/aromatic N) is 3. The molecule has 0 aliphatic carbocycles. The van der Waals surface area contributed by atoms with Gasteiger partial charge in [0.2, 0.25) is 0 Å². The van der Waals surface area contributed by atoms with Crippen LogP contribution in [0.3, 0.4) is 0 Å². The molecule has 1 N–H and O–H groups in total. The second-order valence-corrected chi connectivity index (χ2v) is 4.32. The van der Waals surface area contributed by atoms with Crippen LogP contribution in [-0.2, 0) is 24.3 Å². The third-order valence-electron chi connectivity index (χ3n) is 3.27. The SMILES string of the molecule is OCc1ncnn1CC1OCCc2ccccc21. The van der Waals surface area contributed by atoms with Gasteiger partial charge in [-0.25, -0.2) is 9.67 Å². The van der Waals surface area contributed by atoms with Crippen molar-refractivity contribution in [1.82, 2.24) is 14.8 Å². The second kappa shape index (κ2) is 4.88. The molecular weight excluding hydrogens is 230 g/mol. The van der Waals surface area contributed by atoms with Crippen molar-refractivity contribution in [3.63, 3.8) is 0 Å². The second-order valence-electron chi connectivity index (χ2n) is 4.32. The maximum absolute atomic E-state index is 9.17. The van der Waals surface area contributed by atoms with E-state index < -0.39 is 0 Å². The van der Waals surface area contributed by atoms with Crippen molar-refractivity contribution >= 4 is 0 Å². The highest BCUT2D eigenvalue weighted by Crippen LogP contribution is 2.28. The Kier molecular flexibility index (Phi) is 3.08. The Hall–Kier alpha value is -1.72. The molecule has 1 atom stereocenters. The lowest BCUT2D eigenvalue weighted by Gasteiger charge is -2.26. The molecule has 0 amide bonds. The van der Waals surface area contributed by atoms with Crippen LogP contribution in [-0.4, -0.2) is 26.5 Å². The first kappa shape index (κ1) is 11.4. The molecular formula is C13H15N3O2. The molecule has 0 spiro atoms. The highest BCUT2D eigenvalue weighted by Gasteiger charge is 2.21. The molecule has 0 saturated carbocycles. The summed E-state index contributed by atoms with van der Waals surface area (Å²) in [6.07, 6.45) is 2.40. The number of ether oxygens (including phenoxy) is 1. The van der Waals surface area contributed by atoms with Gasteiger partial charge in [-0.3, -0.25) is 0 Å². The van der Waals surface area contributed by atoms with E-state index in [9.17, 15) is 0 Å². The summed E-state index contributed by atoms with van der Waals surface area (Å²) in [5.74, 6) is 0.571. The van der Waals surface area contributed by atoms with E-state index >= 15 is 0 Å². The van der Waals surface area contributed by atoms with Gasteiger partial charge in [0, 0.05) is 0 Å². The van der Waals surface area contributed by atoms with Gasteiger partial charge in [0.15, 0.2) is 5.82 Å². The predicted molar refractivity (Wildman–Crippen MR) is 64.8 cm³/mol. The Labute approximate surface area is 105 Å². The largest absolute Gasteiger partial charge is 0.388 e. The first-order valence-electron chi connectivity index (χ1n) is 6.05. The normalized spacial score (nSPS) is 18.6. The molecule has 1 aliphatic heterocycles. The predicted octanol–water partition coefficient (Wildman–Crippen LogP) is 1.08. The fourth-order valence-electron chi connectivity index (χ4n) is 2.35. The molecule has 1 aromatic carbocycles. The van der Waals surface area contributed by atoms with Crippen LogP contribution >= 0.6 is 0 Å². The van der Waals surface area contributed by atoms with Crippen molar-refractivity contribution in [2.24, 2.45) is 0 Å². The van der Waals surface area contributed by atoms with E-state index in [4.69, 9.17) is 9.84 Å². The van der Waals surface area contributed by atoms with Gasteiger partial charge < -0.3 is 9.84 Å².